The maximum absolute atomic E-state index is 12.5. The molecule has 1 saturated carbocycles. The van der Waals surface area contributed by atoms with Gasteiger partial charge < -0.3 is 4.90 Å². The van der Waals surface area contributed by atoms with Crippen molar-refractivity contribution in [1.29, 1.82) is 0 Å². The maximum atomic E-state index is 12.5. The van der Waals surface area contributed by atoms with Crippen LogP contribution >= 0.6 is 23.1 Å². The van der Waals surface area contributed by atoms with Crippen LogP contribution in [-0.2, 0) is 17.6 Å². The number of nitrogens with zero attached hydrogens (tertiary/aromatic N) is 5. The van der Waals surface area contributed by atoms with E-state index in [4.69, 9.17) is 4.98 Å². The van der Waals surface area contributed by atoms with Gasteiger partial charge in [0.1, 0.15) is 10.7 Å². The van der Waals surface area contributed by atoms with E-state index in [-0.39, 0.29) is 5.91 Å². The molecule has 0 radical (unpaired) electrons. The molecule has 8 heteroatoms. The highest BCUT2D eigenvalue weighted by Crippen LogP contribution is 2.44. The zero-order valence-corrected chi connectivity index (χ0v) is 18.9. The minimum Gasteiger partial charge on any atom is -0.343 e. The van der Waals surface area contributed by atoms with Crippen LogP contribution in [0.3, 0.4) is 0 Å². The maximum Gasteiger partial charge on any atom is 0.233 e. The number of carbonyl (C=O) groups is 1. The Kier molecular flexibility index (Phi) is 5.02. The topological polar surface area (TPSA) is 63.4 Å². The van der Waals surface area contributed by atoms with Gasteiger partial charge in [-0.25, -0.2) is 4.98 Å². The first-order valence-corrected chi connectivity index (χ1v) is 12.5. The van der Waals surface area contributed by atoms with Crippen LogP contribution in [0.2, 0.25) is 0 Å². The van der Waals surface area contributed by atoms with Crippen LogP contribution < -0.4 is 0 Å². The molecule has 0 spiro atoms. The number of aryl methyl sites for hydroxylation is 1. The van der Waals surface area contributed by atoms with E-state index in [1.165, 1.54) is 46.9 Å². The molecule has 0 bridgehead atoms. The van der Waals surface area contributed by atoms with Gasteiger partial charge in [-0.2, -0.15) is 0 Å². The monoisotopic (exact) mass is 429 g/mol. The second kappa shape index (κ2) is 7.54. The minimum absolute atomic E-state index is 0.153. The van der Waals surface area contributed by atoms with Crippen LogP contribution in [0.4, 0.5) is 0 Å². The first kappa shape index (κ1) is 19.3. The molecule has 2 aliphatic rings. The standard InChI is InChI=1S/C21H27N5OS2/c1-4-25(5-2)16(27)11-28-21-24-23-19-17-14-9-6-12(3)10-15(14)29-20(17)22-18(26(19)21)13-7-8-13/h12-13H,4-11H2,1-3H3. The molecule has 6 nitrogen and oxygen atoms in total. The van der Waals surface area contributed by atoms with Crippen LogP contribution in [0.1, 0.15) is 62.2 Å². The Morgan fingerprint density at radius 3 is 2.76 bits per heavy atom. The summed E-state index contributed by atoms with van der Waals surface area (Å²) in [6.45, 7) is 7.86. The number of fused-ring (bicyclic) bond motifs is 5. The summed E-state index contributed by atoms with van der Waals surface area (Å²) in [6.07, 6.45) is 5.83. The molecule has 1 unspecified atom stereocenters. The largest absolute Gasteiger partial charge is 0.343 e. The smallest absolute Gasteiger partial charge is 0.233 e. The Morgan fingerprint density at radius 1 is 1.24 bits per heavy atom. The normalized spacial score (nSPS) is 19.1. The van der Waals surface area contributed by atoms with Crippen molar-refractivity contribution in [2.45, 2.75) is 63.9 Å². The lowest BCUT2D eigenvalue weighted by atomic mass is 9.89. The molecule has 0 aromatic carbocycles. The van der Waals surface area contributed by atoms with E-state index in [9.17, 15) is 4.79 Å². The second-order valence-corrected chi connectivity index (χ2v) is 10.3. The third-order valence-electron chi connectivity index (χ3n) is 6.18. The van der Waals surface area contributed by atoms with Crippen molar-refractivity contribution in [3.05, 3.63) is 16.3 Å². The van der Waals surface area contributed by atoms with Gasteiger partial charge in [-0.05, 0) is 57.4 Å². The van der Waals surface area contributed by atoms with Crippen LogP contribution in [0.5, 0.6) is 0 Å². The zero-order chi connectivity index (χ0) is 20.1. The summed E-state index contributed by atoms with van der Waals surface area (Å²) >= 11 is 3.35. The van der Waals surface area contributed by atoms with Crippen molar-refractivity contribution in [3.63, 3.8) is 0 Å². The number of hydrogen-bond acceptors (Lipinski definition) is 6. The molecule has 5 rings (SSSR count). The highest BCUT2D eigenvalue weighted by Gasteiger charge is 2.32. The molecule has 0 N–H and O–H groups in total. The average molecular weight is 430 g/mol. The van der Waals surface area contributed by atoms with Gasteiger partial charge in [-0.3, -0.25) is 9.20 Å². The molecule has 3 heterocycles. The molecule has 1 amide bonds. The predicted molar refractivity (Wildman–Crippen MR) is 118 cm³/mol. The number of amides is 1. The zero-order valence-electron chi connectivity index (χ0n) is 17.3. The Morgan fingerprint density at radius 2 is 2.03 bits per heavy atom. The van der Waals surface area contributed by atoms with Crippen LogP contribution in [0, 0.1) is 5.92 Å². The van der Waals surface area contributed by atoms with E-state index in [0.717, 1.165) is 53.3 Å². The highest BCUT2D eigenvalue weighted by molar-refractivity contribution is 7.99. The fraction of sp³-hybridized carbons (Fsp3) is 0.619. The van der Waals surface area contributed by atoms with E-state index >= 15 is 0 Å². The lowest BCUT2D eigenvalue weighted by Gasteiger charge is -2.18. The van der Waals surface area contributed by atoms with Crippen molar-refractivity contribution in [2.24, 2.45) is 5.92 Å². The molecular formula is C21H27N5OS2. The molecule has 29 heavy (non-hydrogen) atoms. The molecule has 1 fully saturated rings. The molecular weight excluding hydrogens is 402 g/mol. The van der Waals surface area contributed by atoms with Crippen LogP contribution in [0.15, 0.2) is 5.16 Å². The molecule has 3 aromatic heterocycles. The van der Waals surface area contributed by atoms with E-state index in [1.54, 1.807) is 0 Å². The quantitative estimate of drug-likeness (QED) is 0.547. The summed E-state index contributed by atoms with van der Waals surface area (Å²) in [6, 6.07) is 0. The molecule has 2 aliphatic carbocycles. The van der Waals surface area contributed by atoms with Crippen LogP contribution in [-0.4, -0.2) is 49.2 Å². The fourth-order valence-corrected chi connectivity index (χ4v) is 6.57. The molecule has 154 valence electrons. The van der Waals surface area contributed by atoms with Gasteiger partial charge in [0.25, 0.3) is 0 Å². The molecule has 0 aliphatic heterocycles. The van der Waals surface area contributed by atoms with E-state index in [0.29, 0.717) is 11.7 Å². The Hall–Kier alpha value is -1.67. The number of thiophene rings is 1. The Labute approximate surface area is 179 Å². The SMILES string of the molecule is CCN(CC)C(=O)CSc1nnc2c3c4c(sc3nc(C3CC3)n12)CC(C)CC4. The Balaban J connectivity index is 1.58. The number of carbonyl (C=O) groups excluding carboxylic acids is 1. The van der Waals surface area contributed by atoms with Crippen molar-refractivity contribution in [1.82, 2.24) is 24.5 Å². The van der Waals surface area contributed by atoms with Gasteiger partial charge in [-0.1, -0.05) is 18.7 Å². The van der Waals surface area contributed by atoms with Crippen molar-refractivity contribution in [2.75, 3.05) is 18.8 Å². The third-order valence-corrected chi connectivity index (χ3v) is 8.24. The van der Waals surface area contributed by atoms with Crippen molar-refractivity contribution in [3.8, 4) is 0 Å². The summed E-state index contributed by atoms with van der Waals surface area (Å²) in [5.41, 5.74) is 2.38. The highest BCUT2D eigenvalue weighted by atomic mass is 32.2. The van der Waals surface area contributed by atoms with Gasteiger partial charge in [0, 0.05) is 23.9 Å². The lowest BCUT2D eigenvalue weighted by molar-refractivity contribution is -0.127. The van der Waals surface area contributed by atoms with Crippen molar-refractivity contribution >= 4 is 44.9 Å². The number of aromatic nitrogens is 4. The lowest BCUT2D eigenvalue weighted by Crippen LogP contribution is -2.31. The van der Waals surface area contributed by atoms with Crippen molar-refractivity contribution < 1.29 is 4.79 Å². The van der Waals surface area contributed by atoms with Gasteiger partial charge >= 0.3 is 0 Å². The van der Waals surface area contributed by atoms with E-state index in [1.807, 2.05) is 30.1 Å². The summed E-state index contributed by atoms with van der Waals surface area (Å²) in [4.78, 5) is 22.1. The summed E-state index contributed by atoms with van der Waals surface area (Å²) < 4.78 is 2.16. The van der Waals surface area contributed by atoms with Crippen LogP contribution in [0.25, 0.3) is 15.9 Å². The molecule has 0 saturated heterocycles. The average Bonchev–Trinajstić information content (AvgIpc) is 3.37. The molecule has 3 aromatic rings. The van der Waals surface area contributed by atoms with Gasteiger partial charge in [0.05, 0.1) is 11.1 Å². The van der Waals surface area contributed by atoms with Gasteiger partial charge in [0.15, 0.2) is 10.8 Å². The van der Waals surface area contributed by atoms with Gasteiger partial charge in [-0.15, -0.1) is 21.5 Å². The second-order valence-electron chi connectivity index (χ2n) is 8.27. The summed E-state index contributed by atoms with van der Waals surface area (Å²) in [5.74, 6) is 2.87. The molecule has 1 atom stereocenters. The predicted octanol–water partition coefficient (Wildman–Crippen LogP) is 4.30. The first-order chi connectivity index (χ1) is 14.1. The number of hydrogen-bond donors (Lipinski definition) is 0. The number of rotatable bonds is 6. The third kappa shape index (κ3) is 3.34. The summed E-state index contributed by atoms with van der Waals surface area (Å²) in [5, 5.41) is 11.1. The van der Waals surface area contributed by atoms with Gasteiger partial charge in [0.2, 0.25) is 5.91 Å². The fourth-order valence-electron chi connectivity index (χ4n) is 4.34. The first-order valence-electron chi connectivity index (χ1n) is 10.7. The van der Waals surface area contributed by atoms with E-state index < -0.39 is 0 Å². The number of thioether (sulfide) groups is 1. The van der Waals surface area contributed by atoms with E-state index in [2.05, 4.69) is 21.5 Å². The Bertz CT molecular complexity index is 1080. The minimum atomic E-state index is 0.153. The summed E-state index contributed by atoms with van der Waals surface area (Å²) in [7, 11) is 0.